The Balaban J connectivity index is 1.71. The van der Waals surface area contributed by atoms with Gasteiger partial charge in [-0.1, -0.05) is 60.1 Å². The summed E-state index contributed by atoms with van der Waals surface area (Å²) in [5.74, 6) is -0.376. The molecule has 3 fully saturated rings. The molecule has 1 unspecified atom stereocenters. The second-order valence-corrected chi connectivity index (χ2v) is 14.9. The molecule has 37 heavy (non-hydrogen) atoms. The Morgan fingerprint density at radius 2 is 1.65 bits per heavy atom. The van der Waals surface area contributed by atoms with Gasteiger partial charge in [0.25, 0.3) is 0 Å². The zero-order valence-corrected chi connectivity index (χ0v) is 23.9. The van der Waals surface area contributed by atoms with Crippen LogP contribution in [0.15, 0.2) is 23.3 Å². The number of hydrogen-bond acceptors (Lipinski definition) is 5. The van der Waals surface area contributed by atoms with Crippen LogP contribution in [0.2, 0.25) is 0 Å². The molecule has 5 aliphatic rings. The maximum absolute atomic E-state index is 14.4. The number of nitrogens with zero attached hydrogens (tertiary/aromatic N) is 1. The maximum Gasteiger partial charge on any atom is 0.312 e. The normalized spacial score (nSPS) is 45.6. The van der Waals surface area contributed by atoms with Gasteiger partial charge in [0, 0.05) is 16.7 Å². The number of rotatable bonds is 1. The Morgan fingerprint density at radius 3 is 2.27 bits per heavy atom. The standard InChI is InChI=1S/C32H43NO4/c1-27(2)11-13-32(26(36)37-8)14-12-31(7)24(20(32)17-27)21(34)15-23-29(5)16-19(18-33)25(35)28(3,4)22(29)9-10-30(23,31)6/h15-16,20,22,24H,9-14,17H2,1-8H3/t20-,22-,24?,29-,30+,31+,32-/m1/s1. The highest BCUT2D eigenvalue weighted by atomic mass is 16.5. The lowest BCUT2D eigenvalue weighted by atomic mass is 9.34. The Hall–Kier alpha value is -2.22. The number of ketones is 2. The summed E-state index contributed by atoms with van der Waals surface area (Å²) in [6.45, 7) is 15.2. The van der Waals surface area contributed by atoms with Crippen LogP contribution in [0.4, 0.5) is 0 Å². The molecule has 200 valence electrons. The number of allylic oxidation sites excluding steroid dienone is 4. The van der Waals surface area contributed by atoms with E-state index in [9.17, 15) is 19.6 Å². The summed E-state index contributed by atoms with van der Waals surface area (Å²) in [6, 6.07) is 2.17. The average Bonchev–Trinajstić information content (AvgIpc) is 2.82. The van der Waals surface area contributed by atoms with Crippen LogP contribution in [0.25, 0.3) is 0 Å². The summed E-state index contributed by atoms with van der Waals surface area (Å²) in [5, 5.41) is 9.86. The van der Waals surface area contributed by atoms with E-state index in [2.05, 4.69) is 40.7 Å². The fourth-order valence-corrected chi connectivity index (χ4v) is 10.2. The molecule has 5 aliphatic carbocycles. The van der Waals surface area contributed by atoms with Gasteiger partial charge in [0.1, 0.15) is 6.07 Å². The lowest BCUT2D eigenvalue weighted by molar-refractivity contribution is -0.191. The van der Waals surface area contributed by atoms with Crippen LogP contribution >= 0.6 is 0 Å². The SMILES string of the molecule is COC(=O)[C@@]12CCC(C)(C)C[C@@H]1C1C(=O)C=C3[C@]4(C)C=C(C#N)C(=O)C(C)(C)[C@H]4CC[C@]3(C)[C@@]1(C)CC2. The van der Waals surface area contributed by atoms with Crippen LogP contribution in [0.5, 0.6) is 0 Å². The van der Waals surface area contributed by atoms with E-state index in [1.54, 1.807) is 0 Å². The lowest BCUT2D eigenvalue weighted by Crippen LogP contribution is -2.65. The zero-order chi connectivity index (χ0) is 27.4. The van der Waals surface area contributed by atoms with Crippen molar-refractivity contribution in [1.29, 1.82) is 5.26 Å². The molecule has 0 spiro atoms. The minimum atomic E-state index is -0.669. The van der Waals surface area contributed by atoms with Crippen molar-refractivity contribution in [2.24, 2.45) is 50.2 Å². The van der Waals surface area contributed by atoms with Crippen molar-refractivity contribution < 1.29 is 19.1 Å². The van der Waals surface area contributed by atoms with Gasteiger partial charge >= 0.3 is 5.97 Å². The van der Waals surface area contributed by atoms with E-state index in [-0.39, 0.29) is 57.1 Å². The molecule has 5 nitrogen and oxygen atoms in total. The maximum atomic E-state index is 14.4. The highest BCUT2D eigenvalue weighted by Crippen LogP contribution is 2.74. The van der Waals surface area contributed by atoms with Gasteiger partial charge in [-0.2, -0.15) is 5.26 Å². The van der Waals surface area contributed by atoms with Gasteiger partial charge in [-0.25, -0.2) is 0 Å². The first kappa shape index (κ1) is 26.4. The fourth-order valence-electron chi connectivity index (χ4n) is 10.2. The van der Waals surface area contributed by atoms with E-state index in [0.717, 1.165) is 50.5 Å². The van der Waals surface area contributed by atoms with E-state index in [4.69, 9.17) is 4.74 Å². The van der Waals surface area contributed by atoms with Gasteiger partial charge in [-0.3, -0.25) is 14.4 Å². The molecule has 5 rings (SSSR count). The number of ether oxygens (including phenoxy) is 1. The van der Waals surface area contributed by atoms with Gasteiger partial charge in [0.05, 0.1) is 18.1 Å². The molecule has 0 saturated heterocycles. The van der Waals surface area contributed by atoms with Crippen LogP contribution in [-0.4, -0.2) is 24.6 Å². The number of nitriles is 1. The molecule has 0 aromatic rings. The molecule has 0 aromatic heterocycles. The van der Waals surface area contributed by atoms with Crippen molar-refractivity contribution in [3.8, 4) is 6.07 Å². The van der Waals surface area contributed by atoms with E-state index in [1.807, 2.05) is 26.0 Å². The van der Waals surface area contributed by atoms with Crippen LogP contribution in [0.1, 0.15) is 93.4 Å². The quantitative estimate of drug-likeness (QED) is 0.386. The predicted octanol–water partition coefficient (Wildman–Crippen LogP) is 6.38. The van der Waals surface area contributed by atoms with Crippen molar-refractivity contribution in [2.75, 3.05) is 7.11 Å². The topological polar surface area (TPSA) is 84.2 Å². The number of Topliss-reactive ketones (excluding diaryl/α,β-unsaturated/α-hetero) is 1. The molecule has 0 aromatic carbocycles. The molecule has 0 aliphatic heterocycles. The molecule has 0 heterocycles. The molecule has 0 N–H and O–H groups in total. The van der Waals surface area contributed by atoms with E-state index >= 15 is 0 Å². The van der Waals surface area contributed by atoms with Crippen LogP contribution in [0.3, 0.4) is 0 Å². The van der Waals surface area contributed by atoms with Crippen molar-refractivity contribution in [3.63, 3.8) is 0 Å². The van der Waals surface area contributed by atoms with Gasteiger partial charge in [0.2, 0.25) is 0 Å². The van der Waals surface area contributed by atoms with Gasteiger partial charge in [-0.05, 0) is 79.1 Å². The zero-order valence-electron chi connectivity index (χ0n) is 23.9. The third-order valence-corrected chi connectivity index (χ3v) is 12.5. The van der Waals surface area contributed by atoms with E-state index in [1.165, 1.54) is 7.11 Å². The highest BCUT2D eigenvalue weighted by molar-refractivity contribution is 6.04. The highest BCUT2D eigenvalue weighted by Gasteiger charge is 2.71. The van der Waals surface area contributed by atoms with Crippen LogP contribution in [0, 0.1) is 61.6 Å². The lowest BCUT2D eigenvalue weighted by Gasteiger charge is -2.68. The molecule has 7 atom stereocenters. The Bertz CT molecular complexity index is 1200. The van der Waals surface area contributed by atoms with Crippen LogP contribution < -0.4 is 0 Å². The summed E-state index contributed by atoms with van der Waals surface area (Å²) >= 11 is 0. The summed E-state index contributed by atoms with van der Waals surface area (Å²) in [7, 11) is 1.48. The number of carbonyl (C=O) groups is 3. The van der Waals surface area contributed by atoms with Gasteiger partial charge < -0.3 is 4.74 Å². The molecule has 0 radical (unpaired) electrons. The van der Waals surface area contributed by atoms with E-state index in [0.29, 0.717) is 0 Å². The summed E-state index contributed by atoms with van der Waals surface area (Å²) in [6.07, 6.45) is 9.65. The number of fused-ring (bicyclic) bond motifs is 7. The Morgan fingerprint density at radius 1 is 1.00 bits per heavy atom. The number of esters is 1. The van der Waals surface area contributed by atoms with Crippen molar-refractivity contribution in [2.45, 2.75) is 93.4 Å². The van der Waals surface area contributed by atoms with Crippen molar-refractivity contribution >= 4 is 17.5 Å². The summed E-state index contributed by atoms with van der Waals surface area (Å²) in [5.41, 5.74) is -1.02. The minimum Gasteiger partial charge on any atom is -0.469 e. The Labute approximate surface area is 222 Å². The molecule has 3 saturated carbocycles. The number of methoxy groups -OCH3 is 1. The molecular formula is C32H43NO4. The molecule has 5 heteroatoms. The van der Waals surface area contributed by atoms with Crippen LogP contribution in [-0.2, 0) is 19.1 Å². The number of carbonyl (C=O) groups excluding carboxylic acids is 3. The third-order valence-electron chi connectivity index (χ3n) is 12.5. The Kier molecular flexibility index (Phi) is 5.47. The second-order valence-electron chi connectivity index (χ2n) is 14.9. The number of hydrogen-bond donors (Lipinski definition) is 0. The minimum absolute atomic E-state index is 0.0308. The molecule has 0 bridgehead atoms. The van der Waals surface area contributed by atoms with Gasteiger partial charge in [0.15, 0.2) is 11.6 Å². The first-order valence-corrected chi connectivity index (χ1v) is 14.1. The average molecular weight is 506 g/mol. The smallest absolute Gasteiger partial charge is 0.312 e. The molecular weight excluding hydrogens is 462 g/mol. The fraction of sp³-hybridized carbons (Fsp3) is 0.750. The predicted molar refractivity (Wildman–Crippen MR) is 141 cm³/mol. The second kappa shape index (κ2) is 7.67. The largest absolute Gasteiger partial charge is 0.469 e. The summed E-state index contributed by atoms with van der Waals surface area (Å²) in [4.78, 5) is 40.9. The monoisotopic (exact) mass is 505 g/mol. The first-order chi connectivity index (χ1) is 17.0. The molecule has 0 amide bonds. The van der Waals surface area contributed by atoms with Crippen molar-refractivity contribution in [1.82, 2.24) is 0 Å². The van der Waals surface area contributed by atoms with Gasteiger partial charge in [-0.15, -0.1) is 0 Å². The first-order valence-electron chi connectivity index (χ1n) is 14.1. The third kappa shape index (κ3) is 3.11. The summed E-state index contributed by atoms with van der Waals surface area (Å²) < 4.78 is 5.41. The van der Waals surface area contributed by atoms with E-state index < -0.39 is 16.2 Å². The van der Waals surface area contributed by atoms with Crippen molar-refractivity contribution in [3.05, 3.63) is 23.3 Å².